The molecule has 0 bridgehead atoms. The van der Waals surface area contributed by atoms with Crippen LogP contribution in [-0.4, -0.2) is 20.5 Å². The SMILES string of the molecule is CC(C)n1cnnc1C1CC(=O)C1. The lowest BCUT2D eigenvalue weighted by atomic mass is 9.83. The molecule has 2 rings (SSSR count). The Kier molecular flexibility index (Phi) is 1.90. The lowest BCUT2D eigenvalue weighted by Gasteiger charge is -2.24. The van der Waals surface area contributed by atoms with E-state index in [1.165, 1.54) is 0 Å². The summed E-state index contributed by atoms with van der Waals surface area (Å²) in [5.41, 5.74) is 0. The first-order chi connectivity index (χ1) is 6.18. The highest BCUT2D eigenvalue weighted by atomic mass is 16.1. The number of rotatable bonds is 2. The minimum Gasteiger partial charge on any atom is -0.315 e. The molecule has 0 saturated heterocycles. The van der Waals surface area contributed by atoms with Crippen molar-refractivity contribution in [2.45, 2.75) is 38.6 Å². The summed E-state index contributed by atoms with van der Waals surface area (Å²) in [6.07, 6.45) is 3.03. The maximum atomic E-state index is 10.8. The molecule has 0 N–H and O–H groups in total. The highest BCUT2D eigenvalue weighted by molar-refractivity contribution is 5.86. The van der Waals surface area contributed by atoms with Crippen LogP contribution < -0.4 is 0 Å². The molecule has 1 aliphatic carbocycles. The molecule has 0 amide bonds. The number of nitrogens with zero attached hydrogens (tertiary/aromatic N) is 3. The molecular formula is C9H13N3O. The van der Waals surface area contributed by atoms with Gasteiger partial charge in [0, 0.05) is 24.8 Å². The van der Waals surface area contributed by atoms with Crippen molar-refractivity contribution in [2.24, 2.45) is 0 Å². The van der Waals surface area contributed by atoms with Crippen LogP contribution in [0.4, 0.5) is 0 Å². The van der Waals surface area contributed by atoms with E-state index >= 15 is 0 Å². The van der Waals surface area contributed by atoms with Crippen molar-refractivity contribution in [3.8, 4) is 0 Å². The van der Waals surface area contributed by atoms with E-state index in [9.17, 15) is 4.79 Å². The van der Waals surface area contributed by atoms with Crippen LogP contribution in [0.1, 0.15) is 44.5 Å². The van der Waals surface area contributed by atoms with Gasteiger partial charge in [0.05, 0.1) is 0 Å². The monoisotopic (exact) mass is 179 g/mol. The molecule has 0 unspecified atom stereocenters. The van der Waals surface area contributed by atoms with Crippen molar-refractivity contribution in [1.82, 2.24) is 14.8 Å². The van der Waals surface area contributed by atoms with Crippen LogP contribution in [0.5, 0.6) is 0 Å². The van der Waals surface area contributed by atoms with Crippen molar-refractivity contribution >= 4 is 5.78 Å². The molecule has 13 heavy (non-hydrogen) atoms. The van der Waals surface area contributed by atoms with Crippen molar-refractivity contribution in [2.75, 3.05) is 0 Å². The van der Waals surface area contributed by atoms with Crippen molar-refractivity contribution in [1.29, 1.82) is 0 Å². The molecule has 0 atom stereocenters. The van der Waals surface area contributed by atoms with Gasteiger partial charge in [-0.05, 0) is 13.8 Å². The second-order valence-electron chi connectivity index (χ2n) is 3.83. The Labute approximate surface area is 77.0 Å². The predicted octanol–water partition coefficient (Wildman–Crippen LogP) is 1.31. The standard InChI is InChI=1S/C9H13N3O/c1-6(2)12-5-10-11-9(12)7-3-8(13)4-7/h5-7H,3-4H2,1-2H3. The molecule has 1 saturated carbocycles. The highest BCUT2D eigenvalue weighted by Gasteiger charge is 2.32. The van der Waals surface area contributed by atoms with Crippen LogP contribution in [0.2, 0.25) is 0 Å². The van der Waals surface area contributed by atoms with Gasteiger partial charge in [0.15, 0.2) is 0 Å². The average Bonchev–Trinajstić information content (AvgIpc) is 2.45. The van der Waals surface area contributed by atoms with Crippen LogP contribution in [0.3, 0.4) is 0 Å². The first kappa shape index (κ1) is 8.41. The summed E-state index contributed by atoms with van der Waals surface area (Å²) in [5.74, 6) is 1.62. The number of aromatic nitrogens is 3. The Morgan fingerprint density at radius 2 is 2.23 bits per heavy atom. The summed E-state index contributed by atoms with van der Waals surface area (Å²) in [6, 6.07) is 0.376. The molecule has 0 aromatic carbocycles. The summed E-state index contributed by atoms with van der Waals surface area (Å²) in [5, 5.41) is 7.93. The fourth-order valence-electron chi connectivity index (χ4n) is 1.61. The molecule has 0 aliphatic heterocycles. The number of carbonyl (C=O) groups is 1. The second-order valence-corrected chi connectivity index (χ2v) is 3.83. The number of ketones is 1. The Bertz CT molecular complexity index is 321. The zero-order valence-electron chi connectivity index (χ0n) is 7.90. The molecule has 1 aliphatic rings. The quantitative estimate of drug-likeness (QED) is 0.687. The molecule has 70 valence electrons. The summed E-state index contributed by atoms with van der Waals surface area (Å²) in [6.45, 7) is 4.18. The van der Waals surface area contributed by atoms with E-state index in [0.29, 0.717) is 30.6 Å². The molecule has 1 aromatic rings. The molecule has 0 radical (unpaired) electrons. The molecule has 1 aromatic heterocycles. The fourth-order valence-corrected chi connectivity index (χ4v) is 1.61. The molecular weight excluding hydrogens is 166 g/mol. The Morgan fingerprint density at radius 1 is 1.54 bits per heavy atom. The van der Waals surface area contributed by atoms with E-state index in [2.05, 4.69) is 24.0 Å². The van der Waals surface area contributed by atoms with Crippen molar-refractivity contribution in [3.63, 3.8) is 0 Å². The molecule has 4 heteroatoms. The molecule has 1 heterocycles. The largest absolute Gasteiger partial charge is 0.315 e. The van der Waals surface area contributed by atoms with Gasteiger partial charge in [-0.15, -0.1) is 10.2 Å². The molecule has 1 fully saturated rings. The normalized spacial score (nSPS) is 17.9. The number of Topliss-reactive ketones (excluding diaryl/α,β-unsaturated/α-hetero) is 1. The van der Waals surface area contributed by atoms with Crippen LogP contribution in [-0.2, 0) is 4.79 Å². The predicted molar refractivity (Wildman–Crippen MR) is 47.4 cm³/mol. The Morgan fingerprint density at radius 3 is 2.77 bits per heavy atom. The van der Waals surface area contributed by atoms with E-state index in [4.69, 9.17) is 0 Å². The number of hydrogen-bond donors (Lipinski definition) is 0. The van der Waals surface area contributed by atoms with Crippen molar-refractivity contribution in [3.05, 3.63) is 12.2 Å². The third-order valence-electron chi connectivity index (χ3n) is 2.47. The van der Waals surface area contributed by atoms with Crippen LogP contribution >= 0.6 is 0 Å². The van der Waals surface area contributed by atoms with E-state index in [1.807, 2.05) is 4.57 Å². The third kappa shape index (κ3) is 1.36. The van der Waals surface area contributed by atoms with E-state index < -0.39 is 0 Å². The van der Waals surface area contributed by atoms with Gasteiger partial charge >= 0.3 is 0 Å². The van der Waals surface area contributed by atoms with Gasteiger partial charge in [-0.1, -0.05) is 0 Å². The van der Waals surface area contributed by atoms with E-state index in [-0.39, 0.29) is 0 Å². The maximum absolute atomic E-state index is 10.8. The van der Waals surface area contributed by atoms with E-state index in [0.717, 1.165) is 5.82 Å². The number of hydrogen-bond acceptors (Lipinski definition) is 3. The summed E-state index contributed by atoms with van der Waals surface area (Å²) < 4.78 is 2.04. The van der Waals surface area contributed by atoms with Gasteiger partial charge in [-0.25, -0.2) is 0 Å². The number of carbonyl (C=O) groups excluding carboxylic acids is 1. The lowest BCUT2D eigenvalue weighted by Crippen LogP contribution is -2.24. The van der Waals surface area contributed by atoms with Crippen LogP contribution in [0.15, 0.2) is 6.33 Å². The minimum atomic E-state index is 0.317. The van der Waals surface area contributed by atoms with Gasteiger partial charge in [0.1, 0.15) is 17.9 Å². The first-order valence-corrected chi connectivity index (χ1v) is 4.59. The zero-order valence-corrected chi connectivity index (χ0v) is 7.90. The van der Waals surface area contributed by atoms with Gasteiger partial charge in [-0.2, -0.15) is 0 Å². The van der Waals surface area contributed by atoms with E-state index in [1.54, 1.807) is 6.33 Å². The van der Waals surface area contributed by atoms with Gasteiger partial charge < -0.3 is 4.57 Å². The zero-order chi connectivity index (χ0) is 9.42. The minimum absolute atomic E-state index is 0.317. The lowest BCUT2D eigenvalue weighted by molar-refractivity contribution is -0.124. The topological polar surface area (TPSA) is 47.8 Å². The van der Waals surface area contributed by atoms with Gasteiger partial charge in [0.25, 0.3) is 0 Å². The average molecular weight is 179 g/mol. The Balaban J connectivity index is 2.20. The summed E-state index contributed by atoms with van der Waals surface area (Å²) in [4.78, 5) is 10.8. The van der Waals surface area contributed by atoms with Gasteiger partial charge in [-0.3, -0.25) is 4.79 Å². The van der Waals surface area contributed by atoms with Crippen LogP contribution in [0, 0.1) is 0 Å². The van der Waals surface area contributed by atoms with Crippen LogP contribution in [0.25, 0.3) is 0 Å². The second kappa shape index (κ2) is 2.94. The smallest absolute Gasteiger partial charge is 0.137 e. The fraction of sp³-hybridized carbons (Fsp3) is 0.667. The molecule has 0 spiro atoms. The highest BCUT2D eigenvalue weighted by Crippen LogP contribution is 2.32. The third-order valence-corrected chi connectivity index (χ3v) is 2.47. The van der Waals surface area contributed by atoms with Gasteiger partial charge in [0.2, 0.25) is 0 Å². The van der Waals surface area contributed by atoms with Crippen molar-refractivity contribution < 1.29 is 4.79 Å². The summed E-state index contributed by atoms with van der Waals surface area (Å²) in [7, 11) is 0. The first-order valence-electron chi connectivity index (χ1n) is 4.59. The molecule has 4 nitrogen and oxygen atoms in total. The summed E-state index contributed by atoms with van der Waals surface area (Å²) >= 11 is 0. The Hall–Kier alpha value is -1.19. The maximum Gasteiger partial charge on any atom is 0.137 e.